The lowest BCUT2D eigenvalue weighted by Crippen LogP contribution is -2.12. The Balaban J connectivity index is 1.69. The van der Waals surface area contributed by atoms with Crippen LogP contribution < -0.4 is 0 Å². The Labute approximate surface area is 234 Å². The second kappa shape index (κ2) is 13.3. The first kappa shape index (κ1) is 28.2. The fourth-order valence-electron chi connectivity index (χ4n) is 4.53. The van der Waals surface area contributed by atoms with Crippen LogP contribution in [0.1, 0.15) is 64.0 Å². The van der Waals surface area contributed by atoms with E-state index in [0.29, 0.717) is 42.0 Å². The Morgan fingerprint density at radius 3 is 2.49 bits per heavy atom. The number of halogens is 1. The standard InChI is InChI=1S/C30H35ClN6O2/c1-5-7-12-27-32-28(31)26(18-23(17-20(3)4)30(38)39-6-2)37(27)19-21-13-15-22(16-14-21)24-10-8-9-11-25(24)29-33-35-36-34-29/h8-11,13-16,18,20H,5-7,12,17,19H2,1-4H3,(H,33,34,35,36)/b23-18+. The highest BCUT2D eigenvalue weighted by Crippen LogP contribution is 2.31. The van der Waals surface area contributed by atoms with Crippen LogP contribution in [-0.2, 0) is 22.5 Å². The number of aryl methyl sites for hydroxylation is 1. The third-order valence-electron chi connectivity index (χ3n) is 6.39. The molecule has 204 valence electrons. The Kier molecular flexibility index (Phi) is 9.65. The number of aromatic nitrogens is 6. The number of unbranched alkanes of at least 4 members (excludes halogenated alkanes) is 1. The number of tetrazole rings is 1. The first-order valence-corrected chi connectivity index (χ1v) is 13.8. The van der Waals surface area contributed by atoms with Crippen molar-refractivity contribution in [3.05, 3.63) is 76.3 Å². The Hall–Kier alpha value is -3.78. The van der Waals surface area contributed by atoms with Gasteiger partial charge in [-0.05, 0) is 53.7 Å². The summed E-state index contributed by atoms with van der Waals surface area (Å²) in [6.45, 7) is 9.03. The van der Waals surface area contributed by atoms with Crippen LogP contribution in [0.25, 0.3) is 28.6 Å². The molecule has 0 saturated heterocycles. The topological polar surface area (TPSA) is 98.6 Å². The fraction of sp³-hybridized carbons (Fsp3) is 0.367. The fourth-order valence-corrected chi connectivity index (χ4v) is 4.78. The number of aromatic amines is 1. The summed E-state index contributed by atoms with van der Waals surface area (Å²) in [6.07, 6.45) is 5.31. The zero-order valence-corrected chi connectivity index (χ0v) is 23.7. The van der Waals surface area contributed by atoms with E-state index >= 15 is 0 Å². The van der Waals surface area contributed by atoms with Crippen LogP contribution in [0.15, 0.2) is 54.1 Å². The quantitative estimate of drug-likeness (QED) is 0.155. The summed E-state index contributed by atoms with van der Waals surface area (Å²) in [5, 5.41) is 14.9. The van der Waals surface area contributed by atoms with Gasteiger partial charge in [0.15, 0.2) is 5.15 Å². The van der Waals surface area contributed by atoms with Crippen molar-refractivity contribution in [2.75, 3.05) is 6.61 Å². The molecule has 4 rings (SSSR count). The molecule has 2 aromatic carbocycles. The first-order valence-electron chi connectivity index (χ1n) is 13.5. The number of benzene rings is 2. The van der Waals surface area contributed by atoms with Gasteiger partial charge in [-0.25, -0.2) is 9.78 Å². The highest BCUT2D eigenvalue weighted by atomic mass is 35.5. The Morgan fingerprint density at radius 2 is 1.85 bits per heavy atom. The van der Waals surface area contributed by atoms with Crippen LogP contribution in [0, 0.1) is 5.92 Å². The minimum atomic E-state index is -0.310. The summed E-state index contributed by atoms with van der Waals surface area (Å²) in [4.78, 5) is 17.4. The maximum atomic E-state index is 12.7. The summed E-state index contributed by atoms with van der Waals surface area (Å²) in [7, 11) is 0. The lowest BCUT2D eigenvalue weighted by atomic mass is 9.98. The van der Waals surface area contributed by atoms with Gasteiger partial charge in [0.25, 0.3) is 0 Å². The molecular formula is C30H35ClN6O2. The average molecular weight is 547 g/mol. The number of esters is 1. The number of ether oxygens (including phenoxy) is 1. The second-order valence-electron chi connectivity index (χ2n) is 9.86. The monoisotopic (exact) mass is 546 g/mol. The third kappa shape index (κ3) is 7.00. The van der Waals surface area contributed by atoms with Crippen molar-refractivity contribution in [1.82, 2.24) is 30.2 Å². The van der Waals surface area contributed by atoms with Crippen LogP contribution in [0.2, 0.25) is 5.15 Å². The number of nitrogens with one attached hydrogen (secondary N) is 1. The van der Waals surface area contributed by atoms with Gasteiger partial charge in [0, 0.05) is 24.1 Å². The summed E-state index contributed by atoms with van der Waals surface area (Å²) in [5.41, 5.74) is 5.42. The van der Waals surface area contributed by atoms with Gasteiger partial charge in [0.1, 0.15) is 5.82 Å². The van der Waals surface area contributed by atoms with E-state index < -0.39 is 0 Å². The molecule has 8 nitrogen and oxygen atoms in total. The second-order valence-corrected chi connectivity index (χ2v) is 10.2. The van der Waals surface area contributed by atoms with Crippen molar-refractivity contribution in [2.45, 2.75) is 59.9 Å². The van der Waals surface area contributed by atoms with Gasteiger partial charge in [-0.15, -0.1) is 10.2 Å². The van der Waals surface area contributed by atoms with Crippen LogP contribution in [0.3, 0.4) is 0 Å². The van der Waals surface area contributed by atoms with Crippen LogP contribution in [0.5, 0.6) is 0 Å². The molecule has 39 heavy (non-hydrogen) atoms. The van der Waals surface area contributed by atoms with E-state index in [9.17, 15) is 4.79 Å². The predicted octanol–water partition coefficient (Wildman–Crippen LogP) is 6.77. The minimum Gasteiger partial charge on any atom is -0.463 e. The lowest BCUT2D eigenvalue weighted by molar-refractivity contribution is -0.138. The molecule has 0 spiro atoms. The molecule has 0 unspecified atom stereocenters. The largest absolute Gasteiger partial charge is 0.463 e. The van der Waals surface area contributed by atoms with Crippen LogP contribution in [0.4, 0.5) is 0 Å². The third-order valence-corrected chi connectivity index (χ3v) is 6.67. The van der Waals surface area contributed by atoms with E-state index in [2.05, 4.69) is 70.2 Å². The lowest BCUT2D eigenvalue weighted by Gasteiger charge is -2.14. The first-order chi connectivity index (χ1) is 18.9. The molecule has 0 radical (unpaired) electrons. The number of imidazole rings is 1. The summed E-state index contributed by atoms with van der Waals surface area (Å²) in [6, 6.07) is 16.4. The molecular weight excluding hydrogens is 512 g/mol. The summed E-state index contributed by atoms with van der Waals surface area (Å²) < 4.78 is 7.47. The van der Waals surface area contributed by atoms with Crippen LogP contribution >= 0.6 is 11.6 Å². The molecule has 0 saturated carbocycles. The predicted molar refractivity (Wildman–Crippen MR) is 154 cm³/mol. The molecule has 4 aromatic rings. The molecule has 1 N–H and O–H groups in total. The van der Waals surface area contributed by atoms with Crippen molar-refractivity contribution >= 4 is 23.6 Å². The summed E-state index contributed by atoms with van der Waals surface area (Å²) in [5.74, 6) is 1.44. The van der Waals surface area contributed by atoms with Gasteiger partial charge in [-0.2, -0.15) is 5.21 Å². The Morgan fingerprint density at radius 1 is 1.10 bits per heavy atom. The molecule has 2 aromatic heterocycles. The zero-order chi connectivity index (χ0) is 27.8. The maximum absolute atomic E-state index is 12.7. The average Bonchev–Trinajstić information content (AvgIpc) is 3.56. The van der Waals surface area contributed by atoms with E-state index in [0.717, 1.165) is 53.0 Å². The van der Waals surface area contributed by atoms with Gasteiger partial charge < -0.3 is 9.30 Å². The van der Waals surface area contributed by atoms with Crippen molar-refractivity contribution < 1.29 is 9.53 Å². The van der Waals surface area contributed by atoms with Crippen LogP contribution in [-0.4, -0.2) is 42.8 Å². The molecule has 0 bridgehead atoms. The smallest absolute Gasteiger partial charge is 0.334 e. The molecule has 0 aliphatic rings. The molecule has 2 heterocycles. The number of carbonyl (C=O) groups is 1. The highest BCUT2D eigenvalue weighted by molar-refractivity contribution is 6.30. The van der Waals surface area contributed by atoms with Gasteiger partial charge in [-0.1, -0.05) is 87.3 Å². The summed E-state index contributed by atoms with van der Waals surface area (Å²) >= 11 is 6.68. The molecule has 9 heteroatoms. The number of hydrogen-bond acceptors (Lipinski definition) is 6. The van der Waals surface area contributed by atoms with Gasteiger partial charge >= 0.3 is 5.97 Å². The van der Waals surface area contributed by atoms with Crippen molar-refractivity contribution in [1.29, 1.82) is 0 Å². The number of rotatable bonds is 12. The number of carbonyl (C=O) groups excluding carboxylic acids is 1. The number of H-pyrrole nitrogens is 1. The van der Waals surface area contributed by atoms with Gasteiger partial charge in [0.05, 0.1) is 12.3 Å². The minimum absolute atomic E-state index is 0.290. The molecule has 0 amide bonds. The van der Waals surface area contributed by atoms with E-state index in [1.807, 2.05) is 37.3 Å². The Bertz CT molecular complexity index is 1410. The van der Waals surface area contributed by atoms with Crippen molar-refractivity contribution in [3.8, 4) is 22.5 Å². The number of nitrogens with zero attached hydrogens (tertiary/aromatic N) is 5. The molecule has 0 aliphatic heterocycles. The van der Waals surface area contributed by atoms with E-state index in [4.69, 9.17) is 21.3 Å². The molecule has 0 aliphatic carbocycles. The van der Waals surface area contributed by atoms with E-state index in [1.54, 1.807) is 0 Å². The van der Waals surface area contributed by atoms with Crippen molar-refractivity contribution in [3.63, 3.8) is 0 Å². The van der Waals surface area contributed by atoms with E-state index in [-0.39, 0.29) is 5.97 Å². The highest BCUT2D eigenvalue weighted by Gasteiger charge is 2.19. The molecule has 0 atom stereocenters. The van der Waals surface area contributed by atoms with Gasteiger partial charge in [0.2, 0.25) is 5.82 Å². The SMILES string of the molecule is CCCCc1nc(Cl)c(/C=C(\CC(C)C)C(=O)OCC)n1Cc1ccc(-c2ccccc2-c2nn[nH]n2)cc1. The molecule has 0 fully saturated rings. The normalized spacial score (nSPS) is 11.8. The zero-order valence-electron chi connectivity index (χ0n) is 22.9. The van der Waals surface area contributed by atoms with Gasteiger partial charge in [-0.3, -0.25) is 0 Å². The van der Waals surface area contributed by atoms with E-state index in [1.165, 1.54) is 0 Å². The maximum Gasteiger partial charge on any atom is 0.334 e. The van der Waals surface area contributed by atoms with Crippen molar-refractivity contribution in [2.24, 2.45) is 5.92 Å². The number of hydrogen-bond donors (Lipinski definition) is 1.